The fraction of sp³-hybridized carbons (Fsp3) is 0.429. The fourth-order valence-electron chi connectivity index (χ4n) is 3.70. The summed E-state index contributed by atoms with van der Waals surface area (Å²) >= 11 is 1.74. The Bertz CT molecular complexity index is 784. The van der Waals surface area contributed by atoms with Crippen LogP contribution in [-0.2, 0) is 9.59 Å². The van der Waals surface area contributed by atoms with E-state index in [1.54, 1.807) is 11.3 Å². The first kappa shape index (κ1) is 19.6. The number of likely N-dealkylation sites (tertiary alicyclic amines) is 1. The minimum atomic E-state index is -0.257. The largest absolute Gasteiger partial charge is 0.346 e. The smallest absolute Gasteiger partial charge is 0.243 e. The van der Waals surface area contributed by atoms with Crippen LogP contribution in [0.25, 0.3) is 0 Å². The van der Waals surface area contributed by atoms with Gasteiger partial charge in [0.2, 0.25) is 11.8 Å². The van der Waals surface area contributed by atoms with Crippen LogP contribution in [0, 0.1) is 13.8 Å². The SMILES string of the molecule is Cc1cccc(C)c1NC(=O)CNC(=O)C(C)N1CCCC1c1cccs1. The summed E-state index contributed by atoms with van der Waals surface area (Å²) < 4.78 is 0. The molecule has 2 amide bonds. The van der Waals surface area contributed by atoms with Gasteiger partial charge in [-0.1, -0.05) is 24.3 Å². The molecular weight excluding hydrogens is 358 g/mol. The Hall–Kier alpha value is -2.18. The van der Waals surface area contributed by atoms with Crippen LogP contribution in [0.1, 0.15) is 41.8 Å². The Labute approximate surface area is 164 Å². The van der Waals surface area contributed by atoms with Crippen LogP contribution in [0.5, 0.6) is 0 Å². The van der Waals surface area contributed by atoms with Crippen LogP contribution in [0.2, 0.25) is 0 Å². The molecular formula is C21H27N3O2S. The van der Waals surface area contributed by atoms with Gasteiger partial charge in [-0.3, -0.25) is 14.5 Å². The molecule has 1 fully saturated rings. The van der Waals surface area contributed by atoms with Gasteiger partial charge < -0.3 is 10.6 Å². The van der Waals surface area contributed by atoms with Crippen LogP contribution < -0.4 is 10.6 Å². The molecule has 1 aliphatic rings. The lowest BCUT2D eigenvalue weighted by Gasteiger charge is -2.29. The molecule has 0 aliphatic carbocycles. The number of anilines is 1. The van der Waals surface area contributed by atoms with Gasteiger partial charge in [0.05, 0.1) is 12.6 Å². The first-order chi connectivity index (χ1) is 13.0. The molecule has 1 aromatic heterocycles. The van der Waals surface area contributed by atoms with Crippen molar-refractivity contribution in [3.05, 3.63) is 51.7 Å². The number of aryl methyl sites for hydroxylation is 2. The Morgan fingerprint density at radius 1 is 1.22 bits per heavy atom. The van der Waals surface area contributed by atoms with Crippen molar-refractivity contribution in [2.75, 3.05) is 18.4 Å². The molecule has 0 radical (unpaired) electrons. The van der Waals surface area contributed by atoms with Crippen molar-refractivity contribution < 1.29 is 9.59 Å². The molecule has 0 bridgehead atoms. The number of para-hydroxylation sites is 1. The Morgan fingerprint density at radius 2 is 1.96 bits per heavy atom. The number of hydrogen-bond acceptors (Lipinski definition) is 4. The quantitative estimate of drug-likeness (QED) is 0.798. The van der Waals surface area contributed by atoms with Gasteiger partial charge in [-0.15, -0.1) is 11.3 Å². The molecule has 5 nitrogen and oxygen atoms in total. The second kappa shape index (κ2) is 8.67. The van der Waals surface area contributed by atoms with Gasteiger partial charge >= 0.3 is 0 Å². The minimum Gasteiger partial charge on any atom is -0.346 e. The van der Waals surface area contributed by atoms with Crippen molar-refractivity contribution >= 4 is 28.8 Å². The predicted octanol–water partition coefficient (Wildman–Crippen LogP) is 3.65. The highest BCUT2D eigenvalue weighted by Crippen LogP contribution is 2.35. The van der Waals surface area contributed by atoms with E-state index >= 15 is 0 Å². The van der Waals surface area contributed by atoms with Crippen molar-refractivity contribution in [2.45, 2.75) is 45.7 Å². The van der Waals surface area contributed by atoms with Gasteiger partial charge in [-0.25, -0.2) is 0 Å². The number of rotatable bonds is 6. The van der Waals surface area contributed by atoms with Gasteiger partial charge in [-0.05, 0) is 62.7 Å². The summed E-state index contributed by atoms with van der Waals surface area (Å²) in [5.41, 5.74) is 2.85. The summed E-state index contributed by atoms with van der Waals surface area (Å²) in [5.74, 6) is -0.306. The van der Waals surface area contributed by atoms with E-state index in [0.717, 1.165) is 36.2 Å². The Kier molecular flexibility index (Phi) is 6.29. The molecule has 2 atom stereocenters. The van der Waals surface area contributed by atoms with Crippen molar-refractivity contribution in [2.24, 2.45) is 0 Å². The zero-order chi connectivity index (χ0) is 19.4. The van der Waals surface area contributed by atoms with E-state index in [4.69, 9.17) is 0 Å². The lowest BCUT2D eigenvalue weighted by Crippen LogP contribution is -2.46. The van der Waals surface area contributed by atoms with E-state index in [2.05, 4.69) is 33.0 Å². The Balaban J connectivity index is 1.55. The number of carbonyl (C=O) groups is 2. The fourth-order valence-corrected chi connectivity index (χ4v) is 4.58. The molecule has 2 heterocycles. The topological polar surface area (TPSA) is 61.4 Å². The Morgan fingerprint density at radius 3 is 2.63 bits per heavy atom. The molecule has 3 rings (SSSR count). The lowest BCUT2D eigenvalue weighted by molar-refractivity contribution is -0.128. The highest BCUT2D eigenvalue weighted by molar-refractivity contribution is 7.10. The third kappa shape index (κ3) is 4.57. The third-order valence-electron chi connectivity index (χ3n) is 5.21. The van der Waals surface area contributed by atoms with E-state index in [-0.39, 0.29) is 24.4 Å². The van der Waals surface area contributed by atoms with Crippen molar-refractivity contribution in [3.63, 3.8) is 0 Å². The highest BCUT2D eigenvalue weighted by Gasteiger charge is 2.33. The molecule has 144 valence electrons. The van der Waals surface area contributed by atoms with Crippen molar-refractivity contribution in [3.8, 4) is 0 Å². The van der Waals surface area contributed by atoms with Gasteiger partial charge in [0.25, 0.3) is 0 Å². The second-order valence-electron chi connectivity index (χ2n) is 7.12. The normalized spacial score (nSPS) is 18.3. The molecule has 1 aromatic carbocycles. The molecule has 0 saturated carbocycles. The molecule has 2 unspecified atom stereocenters. The molecule has 2 N–H and O–H groups in total. The van der Waals surface area contributed by atoms with Gasteiger partial charge in [0.15, 0.2) is 0 Å². The van der Waals surface area contributed by atoms with Crippen molar-refractivity contribution in [1.29, 1.82) is 0 Å². The zero-order valence-electron chi connectivity index (χ0n) is 16.1. The van der Waals surface area contributed by atoms with Gasteiger partial charge in [0.1, 0.15) is 0 Å². The maximum absolute atomic E-state index is 12.6. The number of hydrogen-bond donors (Lipinski definition) is 2. The van der Waals surface area contributed by atoms with E-state index in [1.807, 2.05) is 39.0 Å². The summed E-state index contributed by atoms with van der Waals surface area (Å²) in [4.78, 5) is 28.4. The second-order valence-corrected chi connectivity index (χ2v) is 8.10. The van der Waals surface area contributed by atoms with E-state index in [9.17, 15) is 9.59 Å². The number of amides is 2. The monoisotopic (exact) mass is 385 g/mol. The average molecular weight is 386 g/mol. The van der Waals surface area contributed by atoms with Gasteiger partial charge in [0, 0.05) is 16.6 Å². The van der Waals surface area contributed by atoms with Crippen LogP contribution >= 0.6 is 11.3 Å². The summed E-state index contributed by atoms with van der Waals surface area (Å²) in [7, 11) is 0. The third-order valence-corrected chi connectivity index (χ3v) is 6.18. The molecule has 1 saturated heterocycles. The first-order valence-electron chi connectivity index (χ1n) is 9.40. The summed E-state index contributed by atoms with van der Waals surface area (Å²) in [5, 5.41) is 7.78. The van der Waals surface area contributed by atoms with Crippen LogP contribution in [0.3, 0.4) is 0 Å². The van der Waals surface area contributed by atoms with E-state index in [1.165, 1.54) is 4.88 Å². The number of nitrogens with one attached hydrogen (secondary N) is 2. The lowest BCUT2D eigenvalue weighted by atomic mass is 10.1. The molecule has 27 heavy (non-hydrogen) atoms. The molecule has 0 spiro atoms. The standard InChI is InChI=1S/C21H27N3O2S/c1-14-7-4-8-15(2)20(14)23-19(25)13-22-21(26)16(3)24-11-5-9-17(24)18-10-6-12-27-18/h4,6-8,10,12,16-17H,5,9,11,13H2,1-3H3,(H,22,26)(H,23,25). The maximum Gasteiger partial charge on any atom is 0.243 e. The number of benzene rings is 1. The predicted molar refractivity (Wildman–Crippen MR) is 110 cm³/mol. The number of nitrogens with zero attached hydrogens (tertiary/aromatic N) is 1. The molecule has 6 heteroatoms. The average Bonchev–Trinajstić information content (AvgIpc) is 3.33. The number of thiophene rings is 1. The summed E-state index contributed by atoms with van der Waals surface area (Å²) in [6.07, 6.45) is 2.17. The number of carbonyl (C=O) groups excluding carboxylic acids is 2. The first-order valence-corrected chi connectivity index (χ1v) is 10.3. The van der Waals surface area contributed by atoms with Crippen molar-refractivity contribution in [1.82, 2.24) is 10.2 Å². The molecule has 2 aromatic rings. The van der Waals surface area contributed by atoms with Crippen LogP contribution in [0.15, 0.2) is 35.7 Å². The van der Waals surface area contributed by atoms with Crippen LogP contribution in [0.4, 0.5) is 5.69 Å². The minimum absolute atomic E-state index is 0.0194. The van der Waals surface area contributed by atoms with Gasteiger partial charge in [-0.2, -0.15) is 0 Å². The zero-order valence-corrected chi connectivity index (χ0v) is 16.9. The summed E-state index contributed by atoms with van der Waals surface area (Å²) in [6, 6.07) is 10.1. The van der Waals surface area contributed by atoms with Crippen LogP contribution in [-0.4, -0.2) is 35.8 Å². The van der Waals surface area contributed by atoms with E-state index < -0.39 is 0 Å². The van der Waals surface area contributed by atoms with E-state index in [0.29, 0.717) is 6.04 Å². The maximum atomic E-state index is 12.6. The highest BCUT2D eigenvalue weighted by atomic mass is 32.1. The molecule has 1 aliphatic heterocycles. The summed E-state index contributed by atoms with van der Waals surface area (Å²) in [6.45, 7) is 6.73.